The smallest absolute Gasteiger partial charge is 0.321 e. The Hall–Kier alpha value is -0.120. The predicted molar refractivity (Wildman–Crippen MR) is 26.2 cm³/mol. The highest BCUT2D eigenvalue weighted by Crippen LogP contribution is 2.42. The summed E-state index contributed by atoms with van der Waals surface area (Å²) in [4.78, 5) is 4.82. The third-order valence-corrected chi connectivity index (χ3v) is 1.25. The zero-order valence-electron chi connectivity index (χ0n) is 4.97. The van der Waals surface area contributed by atoms with Gasteiger partial charge < -0.3 is 4.74 Å². The van der Waals surface area contributed by atoms with Crippen LogP contribution in [0.25, 0.3) is 0 Å². The summed E-state index contributed by atoms with van der Waals surface area (Å²) in [5.74, 6) is 0. The third kappa shape index (κ3) is 0.555. The molecule has 1 unspecified atom stereocenters. The summed E-state index contributed by atoms with van der Waals surface area (Å²) in [6.45, 7) is 4.94. The highest BCUT2D eigenvalue weighted by Gasteiger charge is 2.54. The molecule has 2 aliphatic rings. The number of ether oxygens (including phenoxy) is 1. The fourth-order valence-electron chi connectivity index (χ4n) is 0.855. The third-order valence-electron chi connectivity index (χ3n) is 1.25. The fourth-order valence-corrected chi connectivity index (χ4v) is 0.855. The molecule has 0 bridgehead atoms. The van der Waals surface area contributed by atoms with Crippen molar-refractivity contribution in [3.05, 3.63) is 6.41 Å². The molecule has 0 saturated carbocycles. The number of fused-ring (bicyclic) bond motifs is 1. The molecule has 0 aromatic rings. The lowest BCUT2D eigenvalue weighted by atomic mass is 10.1. The number of hydrogen-bond donors (Lipinski definition) is 0. The largest absolute Gasteiger partial charge is 0.346 e. The van der Waals surface area contributed by atoms with E-state index in [4.69, 9.17) is 9.57 Å². The Balaban J connectivity index is 2.08. The van der Waals surface area contributed by atoms with E-state index in [0.29, 0.717) is 6.41 Å². The number of hydroxylamine groups is 2. The molecule has 0 N–H and O–H groups in total. The predicted octanol–water partition coefficient (Wildman–Crippen LogP) is 0.489. The second-order valence-electron chi connectivity index (χ2n) is 2.76. The molecule has 0 aromatic carbocycles. The molecule has 2 fully saturated rings. The van der Waals surface area contributed by atoms with E-state index in [2.05, 4.69) is 0 Å². The fraction of sp³-hybridized carbons (Fsp3) is 0.800. The Kier molecular flexibility index (Phi) is 0.635. The first kappa shape index (κ1) is 4.73. The Morgan fingerprint density at radius 1 is 1.62 bits per heavy atom. The summed E-state index contributed by atoms with van der Waals surface area (Å²) in [5.41, 5.74) is -0.0203. The number of hydrogen-bond acceptors (Lipinski definition) is 3. The molecular formula is C5H8NO2. The lowest BCUT2D eigenvalue weighted by Crippen LogP contribution is -2.25. The van der Waals surface area contributed by atoms with Crippen LogP contribution in [-0.4, -0.2) is 17.2 Å². The quantitative estimate of drug-likeness (QED) is 0.428. The van der Waals surface area contributed by atoms with Crippen LogP contribution in [0.5, 0.6) is 0 Å². The van der Waals surface area contributed by atoms with Gasteiger partial charge in [0.2, 0.25) is 0 Å². The number of rotatable bonds is 0. The van der Waals surface area contributed by atoms with Gasteiger partial charge in [0.15, 0.2) is 0 Å². The minimum Gasteiger partial charge on any atom is -0.321 e. The van der Waals surface area contributed by atoms with E-state index in [0.717, 1.165) is 6.54 Å². The molecule has 3 nitrogen and oxygen atoms in total. The summed E-state index contributed by atoms with van der Waals surface area (Å²) in [6.07, 6.45) is 0.690. The van der Waals surface area contributed by atoms with Crippen molar-refractivity contribution in [3.63, 3.8) is 0 Å². The van der Waals surface area contributed by atoms with Crippen LogP contribution in [0.2, 0.25) is 0 Å². The molecule has 1 radical (unpaired) electrons. The van der Waals surface area contributed by atoms with Gasteiger partial charge in [0.25, 0.3) is 0 Å². The van der Waals surface area contributed by atoms with Crippen LogP contribution >= 0.6 is 0 Å². The Labute approximate surface area is 48.1 Å². The van der Waals surface area contributed by atoms with Gasteiger partial charge in [0, 0.05) is 0 Å². The van der Waals surface area contributed by atoms with Gasteiger partial charge in [-0.1, -0.05) is 0 Å². The van der Waals surface area contributed by atoms with Gasteiger partial charge >= 0.3 is 6.41 Å². The van der Waals surface area contributed by atoms with Crippen LogP contribution in [0.4, 0.5) is 0 Å². The summed E-state index contributed by atoms with van der Waals surface area (Å²) < 4.78 is 5.24. The summed E-state index contributed by atoms with van der Waals surface area (Å²) in [5, 5.41) is 1.75. The molecule has 0 aromatic heterocycles. The Morgan fingerprint density at radius 3 is 2.62 bits per heavy atom. The minimum atomic E-state index is -0.0203. The van der Waals surface area contributed by atoms with Crippen molar-refractivity contribution in [1.29, 1.82) is 0 Å². The Bertz CT molecular complexity index is 112. The lowest BCUT2D eigenvalue weighted by molar-refractivity contribution is -0.0236. The van der Waals surface area contributed by atoms with Crippen molar-refractivity contribution in [2.75, 3.05) is 6.54 Å². The van der Waals surface area contributed by atoms with E-state index in [1.54, 1.807) is 5.06 Å². The van der Waals surface area contributed by atoms with E-state index in [1.165, 1.54) is 0 Å². The zero-order valence-corrected chi connectivity index (χ0v) is 4.97. The SMILES string of the molecule is CC1(C)CN2O[C]2O1. The number of nitrogens with zero attached hydrogens (tertiary/aromatic N) is 1. The maximum atomic E-state index is 5.24. The molecule has 2 rings (SSSR count). The molecule has 8 heavy (non-hydrogen) atoms. The molecule has 3 heteroatoms. The van der Waals surface area contributed by atoms with Crippen LogP contribution in [0.3, 0.4) is 0 Å². The van der Waals surface area contributed by atoms with Gasteiger partial charge in [-0.25, -0.2) is 4.84 Å². The Morgan fingerprint density at radius 2 is 2.38 bits per heavy atom. The standard InChI is InChI=1S/C5H8NO2/c1-5(2)3-6-4(7-5)8-6/h3H2,1-2H3. The van der Waals surface area contributed by atoms with Gasteiger partial charge in [0.05, 0.1) is 12.1 Å². The highest BCUT2D eigenvalue weighted by molar-refractivity contribution is 4.92. The molecule has 2 aliphatic heterocycles. The van der Waals surface area contributed by atoms with E-state index in [1.807, 2.05) is 13.8 Å². The van der Waals surface area contributed by atoms with Crippen LogP contribution in [0.1, 0.15) is 13.8 Å². The van der Waals surface area contributed by atoms with Crippen molar-refractivity contribution < 1.29 is 9.57 Å². The monoisotopic (exact) mass is 114 g/mol. The molecular weight excluding hydrogens is 106 g/mol. The second kappa shape index (κ2) is 1.07. The molecule has 2 saturated heterocycles. The average molecular weight is 114 g/mol. The summed E-state index contributed by atoms with van der Waals surface area (Å²) in [7, 11) is 0. The first-order valence-electron chi connectivity index (χ1n) is 2.69. The maximum absolute atomic E-state index is 5.24. The summed E-state index contributed by atoms with van der Waals surface area (Å²) in [6, 6.07) is 0. The average Bonchev–Trinajstić information content (AvgIpc) is 2.11. The maximum Gasteiger partial charge on any atom is 0.346 e. The highest BCUT2D eigenvalue weighted by atomic mass is 17.0. The van der Waals surface area contributed by atoms with Crippen molar-refractivity contribution in [2.45, 2.75) is 19.4 Å². The molecule has 0 amide bonds. The van der Waals surface area contributed by atoms with E-state index >= 15 is 0 Å². The molecule has 1 atom stereocenters. The van der Waals surface area contributed by atoms with Crippen LogP contribution in [0.15, 0.2) is 0 Å². The van der Waals surface area contributed by atoms with Crippen LogP contribution in [-0.2, 0) is 9.57 Å². The molecule has 0 aliphatic carbocycles. The minimum absolute atomic E-state index is 0.0203. The van der Waals surface area contributed by atoms with E-state index in [-0.39, 0.29) is 5.60 Å². The molecule has 0 spiro atoms. The van der Waals surface area contributed by atoms with Crippen molar-refractivity contribution in [3.8, 4) is 0 Å². The van der Waals surface area contributed by atoms with Gasteiger partial charge in [-0.15, -0.1) is 5.06 Å². The first-order chi connectivity index (χ1) is 3.67. The van der Waals surface area contributed by atoms with Gasteiger partial charge in [0.1, 0.15) is 0 Å². The second-order valence-corrected chi connectivity index (χ2v) is 2.76. The molecule has 45 valence electrons. The first-order valence-corrected chi connectivity index (χ1v) is 2.69. The normalized spacial score (nSPS) is 42.0. The molecule has 2 heterocycles. The van der Waals surface area contributed by atoms with Gasteiger partial charge in [-0.05, 0) is 13.8 Å². The lowest BCUT2D eigenvalue weighted by Gasteiger charge is -2.15. The topological polar surface area (TPSA) is 24.8 Å². The van der Waals surface area contributed by atoms with Crippen molar-refractivity contribution in [2.24, 2.45) is 0 Å². The van der Waals surface area contributed by atoms with Crippen molar-refractivity contribution >= 4 is 0 Å². The van der Waals surface area contributed by atoms with Crippen molar-refractivity contribution in [1.82, 2.24) is 5.06 Å². The van der Waals surface area contributed by atoms with Crippen LogP contribution < -0.4 is 0 Å². The van der Waals surface area contributed by atoms with E-state index < -0.39 is 0 Å². The zero-order chi connectivity index (χ0) is 5.78. The van der Waals surface area contributed by atoms with E-state index in [9.17, 15) is 0 Å². The van der Waals surface area contributed by atoms with Gasteiger partial charge in [-0.3, -0.25) is 0 Å². The van der Waals surface area contributed by atoms with Gasteiger partial charge in [-0.2, -0.15) is 0 Å². The summed E-state index contributed by atoms with van der Waals surface area (Å²) >= 11 is 0. The van der Waals surface area contributed by atoms with Crippen LogP contribution in [0, 0.1) is 6.41 Å².